The van der Waals surface area contributed by atoms with Crippen molar-refractivity contribution < 1.29 is 135 Å². The van der Waals surface area contributed by atoms with Gasteiger partial charge in [0.2, 0.25) is 88.6 Å². The van der Waals surface area contributed by atoms with Crippen LogP contribution in [0, 0.1) is 11.7 Å². The Kier molecular flexibility index (Phi) is 44.3. The molecule has 3 heterocycles. The highest BCUT2D eigenvalue weighted by atomic mass is 19.1. The molecule has 2 aliphatic heterocycles. The number of nitrogens with two attached hydrogens (primary N) is 2. The minimum Gasteiger partial charge on any atom is -0.481 e. The Morgan fingerprint density at radius 1 is 0.561 bits per heavy atom. The number of aromatic nitrogens is 1. The average molecular weight is 1940 g/mol. The number of hydrogen-bond acceptors (Lipinski definition) is 26. The van der Waals surface area contributed by atoms with Crippen LogP contribution in [0.3, 0.4) is 0 Å². The van der Waals surface area contributed by atoms with Gasteiger partial charge in [0.25, 0.3) is 0 Å². The lowest BCUT2D eigenvalue weighted by Crippen LogP contribution is -2.62. The van der Waals surface area contributed by atoms with E-state index in [2.05, 4.69) is 75.7 Å². The molecule has 15 amide bonds. The van der Waals surface area contributed by atoms with Gasteiger partial charge in [0.15, 0.2) is 5.78 Å². The summed E-state index contributed by atoms with van der Waals surface area (Å²) in [5.41, 5.74) is 14.6. The molecule has 46 nitrogen and oxygen atoms in total. The monoisotopic (exact) mass is 1940 g/mol. The number of carbonyl (C=O) groups excluding carboxylic acids is 17. The number of carbonyl (C=O) groups is 21. The fourth-order valence-corrected chi connectivity index (χ4v) is 14.9. The average Bonchev–Trinajstić information content (AvgIpc) is 1.60. The summed E-state index contributed by atoms with van der Waals surface area (Å²) >= 11 is 0. The summed E-state index contributed by atoms with van der Waals surface area (Å²) in [5, 5.41) is 83.1. The Hall–Kier alpha value is -15.3. The SMILES string of the molecule is CCCCCCCCCC(=O)N[C@@H](Cc1c[nH]c2ccccc12)C(=O)N[C@@H](CC(N)=O)C(=O)N[C@@H](CC(=O)O)C(=O)NC1C(=O)NCC(=O)N[C@@H](CCCNCc2ccc(/C=C\C(=O)N3CCN(c4ccc(F)cc4)CC3)cc2)C(=O)NC(CC(=O)O)C(=O)N[C@H](C)C(=O)N[C@@H](CC(=O)O)C(=O)NCC(=O)N[C@H](CO)C(=O)NC([C@H](C)CC(=O)O)C(=O)N[C@@H](CC(=O)c2ccccc2N)C(=O)OC1C. The maximum Gasteiger partial charge on any atom is 0.329 e. The van der Waals surface area contributed by atoms with Gasteiger partial charge in [-0.05, 0) is 111 Å². The number of aliphatic carboxylic acids is 4. The Morgan fingerprint density at radius 2 is 1.13 bits per heavy atom. The summed E-state index contributed by atoms with van der Waals surface area (Å²) in [6.07, 6.45) is 0.446. The molecule has 0 saturated carbocycles. The summed E-state index contributed by atoms with van der Waals surface area (Å²) in [4.78, 5) is 298. The summed E-state index contributed by atoms with van der Waals surface area (Å²) < 4.78 is 19.3. The number of fused-ring (bicyclic) bond motifs is 1. The van der Waals surface area contributed by atoms with Crippen LogP contribution < -0.4 is 90.8 Å². The van der Waals surface area contributed by atoms with Crippen molar-refractivity contribution in [1.82, 2.24) is 84.3 Å². The highest BCUT2D eigenvalue weighted by Crippen LogP contribution is 2.24. The van der Waals surface area contributed by atoms with E-state index >= 15 is 14.4 Å². The van der Waals surface area contributed by atoms with Gasteiger partial charge < -0.3 is 131 Å². The highest BCUT2D eigenvalue weighted by molar-refractivity contribution is 6.05. The lowest BCUT2D eigenvalue weighted by molar-refractivity contribution is -0.156. The van der Waals surface area contributed by atoms with Crippen LogP contribution in [0.1, 0.15) is 157 Å². The van der Waals surface area contributed by atoms with Gasteiger partial charge in [-0.15, -0.1) is 0 Å². The van der Waals surface area contributed by atoms with Crippen molar-refractivity contribution in [3.8, 4) is 0 Å². The number of piperazine rings is 1. The molecule has 7 rings (SSSR count). The van der Waals surface area contributed by atoms with Crippen molar-refractivity contribution in [3.05, 3.63) is 137 Å². The van der Waals surface area contributed by atoms with E-state index in [-0.39, 0.29) is 55.3 Å². The van der Waals surface area contributed by atoms with Gasteiger partial charge in [0.1, 0.15) is 78.4 Å². The molecule has 47 heteroatoms. The molecule has 139 heavy (non-hydrogen) atoms. The number of halogens is 1. The first-order chi connectivity index (χ1) is 66.1. The summed E-state index contributed by atoms with van der Waals surface area (Å²) in [6.45, 7) is 3.26. The number of para-hydroxylation sites is 2. The third-order valence-corrected chi connectivity index (χ3v) is 22.5. The molecule has 2 saturated heterocycles. The first-order valence-corrected chi connectivity index (χ1v) is 45.1. The van der Waals surface area contributed by atoms with E-state index in [1.165, 1.54) is 42.5 Å². The predicted octanol–water partition coefficient (Wildman–Crippen LogP) is -2.29. The van der Waals surface area contributed by atoms with Crippen molar-refractivity contribution in [2.24, 2.45) is 11.7 Å². The molecular weight excluding hydrogens is 1820 g/mol. The number of aromatic amines is 1. The molecule has 1 aromatic heterocycles. The summed E-state index contributed by atoms with van der Waals surface area (Å²) in [5.74, 6) is -30.7. The number of ketones is 1. The zero-order chi connectivity index (χ0) is 102. The van der Waals surface area contributed by atoms with Crippen LogP contribution in [-0.2, 0) is 114 Å². The second kappa shape index (κ2) is 55.6. The van der Waals surface area contributed by atoms with Gasteiger partial charge in [0.05, 0.1) is 51.8 Å². The van der Waals surface area contributed by atoms with Crippen molar-refractivity contribution in [2.45, 2.75) is 216 Å². The number of ether oxygens (including phenoxy) is 1. The molecule has 0 radical (unpaired) electrons. The number of rotatable bonds is 41. The first-order valence-electron chi connectivity index (χ1n) is 45.1. The quantitative estimate of drug-likeness (QED) is 0.00644. The van der Waals surface area contributed by atoms with E-state index in [0.717, 1.165) is 58.6 Å². The molecule has 2 fully saturated rings. The van der Waals surface area contributed by atoms with Gasteiger partial charge in [0, 0.05) is 92.1 Å². The number of nitrogens with one attached hydrogen (secondary N) is 15. The van der Waals surface area contributed by atoms with E-state index in [1.807, 2.05) is 15.5 Å². The Balaban J connectivity index is 1.24. The molecule has 13 atom stereocenters. The van der Waals surface area contributed by atoms with Gasteiger partial charge in [-0.2, -0.15) is 0 Å². The Labute approximate surface area is 796 Å². The number of aliphatic hydroxyl groups excluding tert-OH is 1. The van der Waals surface area contributed by atoms with Crippen molar-refractivity contribution in [3.63, 3.8) is 0 Å². The predicted molar refractivity (Wildman–Crippen MR) is 494 cm³/mol. The number of carboxylic acids is 4. The number of nitrogens with zero attached hydrogens (tertiary/aromatic N) is 2. The smallest absolute Gasteiger partial charge is 0.329 e. The molecule has 752 valence electrons. The number of primary amides is 1. The number of H-pyrrole nitrogens is 1. The molecule has 2 aliphatic rings. The van der Waals surface area contributed by atoms with Gasteiger partial charge >= 0.3 is 29.8 Å². The largest absolute Gasteiger partial charge is 0.481 e. The number of nitrogen functional groups attached to an aromatic ring is 1. The number of benzene rings is 4. The molecule has 0 bridgehead atoms. The summed E-state index contributed by atoms with van der Waals surface area (Å²) in [6, 6.07) is 2.04. The van der Waals surface area contributed by atoms with E-state index in [1.54, 1.807) is 77.8 Å². The van der Waals surface area contributed by atoms with Crippen molar-refractivity contribution in [1.29, 1.82) is 0 Å². The van der Waals surface area contributed by atoms with Gasteiger partial charge in [-0.3, -0.25) is 95.9 Å². The number of Topliss-reactive ketones (excluding diaryl/α,β-unsaturated/α-hetero) is 1. The van der Waals surface area contributed by atoms with Crippen molar-refractivity contribution in [2.75, 3.05) is 63.1 Å². The number of cyclic esters (lactones) is 1. The summed E-state index contributed by atoms with van der Waals surface area (Å²) in [7, 11) is 0. The number of esters is 1. The van der Waals surface area contributed by atoms with Crippen LogP contribution >= 0.6 is 0 Å². The Morgan fingerprint density at radius 3 is 1.76 bits per heavy atom. The van der Waals surface area contributed by atoms with Gasteiger partial charge in [-0.25, -0.2) is 9.18 Å². The molecule has 4 aromatic carbocycles. The second-order valence-electron chi connectivity index (χ2n) is 33.5. The zero-order valence-corrected chi connectivity index (χ0v) is 77.0. The van der Waals surface area contributed by atoms with Crippen LogP contribution in [0.25, 0.3) is 17.0 Å². The van der Waals surface area contributed by atoms with E-state index < -0.39 is 261 Å². The third kappa shape index (κ3) is 37.0. The minimum atomic E-state index is -2.49. The van der Waals surface area contributed by atoms with E-state index in [9.17, 15) is 116 Å². The molecule has 0 aliphatic carbocycles. The van der Waals surface area contributed by atoms with Crippen molar-refractivity contribution >= 4 is 153 Å². The topological polar surface area (TPSA) is 712 Å². The molecule has 24 N–H and O–H groups in total. The zero-order valence-electron chi connectivity index (χ0n) is 77.0. The number of anilines is 2. The number of aliphatic hydroxyl groups is 1. The van der Waals surface area contributed by atoms with Crippen LogP contribution in [-0.4, -0.2) is 285 Å². The molecule has 5 aromatic rings. The maximum absolute atomic E-state index is 15.1. The third-order valence-electron chi connectivity index (χ3n) is 22.5. The number of unbranched alkanes of at least 4 members (excludes halogenated alkanes) is 6. The van der Waals surface area contributed by atoms with E-state index in [0.29, 0.717) is 66.6 Å². The molecular formula is C92H120FN19O27. The lowest BCUT2D eigenvalue weighted by Gasteiger charge is -2.35. The van der Waals surface area contributed by atoms with Crippen LogP contribution in [0.4, 0.5) is 15.8 Å². The number of carboxylic acid groups (broad SMARTS) is 4. The van der Waals surface area contributed by atoms with Gasteiger partial charge in [-0.1, -0.05) is 107 Å². The fourth-order valence-electron chi connectivity index (χ4n) is 14.9. The minimum absolute atomic E-state index is 0.0265. The number of amides is 15. The molecule has 4 unspecified atom stereocenters. The standard InChI is InChI=1S/C92H120FN19O27/c1-5-6-7-8-9-10-11-22-72(116)102-63(39-55-46-97-61-20-15-13-17-58(55)61)86(132)105-64(41-71(95)115)87(133)107-67(44-79(126)127)88(134)110-81-52(4)139-92(138)68(40-70(114)59-18-12-14-19-60(59)94)108-91(137)80(50(2)38-76(120)121)109-89(135)69(49-113)103-74(118)47-98-83(129)65(42-77(122)123)104-82(128)51(3)100-85(131)66(43-78(124)125)106-84(130)62(101-73(117)48-99-90(81)136)21-16-33-96-45-54-25-23-53(24-26-54)27-32-75(119)112-36-34-111(35-37-112)57-30-28-56(93)29-31-57/h12-15,17-20,23-32,46,50-52,62-69,80-81,96-97,113H,5-11,16,21-22,33-45,47-49,94H2,1-4H3,(H2,95,115)(H,98,129)(H,99,136)(H,100,131)(H,101,117)(H,102,116)(H,103,118)(H,104,128)(H,105,132)(H,106,130)(H,107,133)(H,108,137)(H,109,135)(H,110,134)(H,120,121)(H,122,123)(H,124,125)(H,126,127)/b32-27-/t50-,51-,52?,62+,63+,64+,65+,66?,67+,68+,69-,80?,81?/m1/s1. The van der Waals surface area contributed by atoms with Crippen LogP contribution in [0.15, 0.2) is 109 Å². The fraction of sp³-hybridized carbons (Fsp3) is 0.467. The first kappa shape index (κ1) is 111. The molecule has 0 spiro atoms. The lowest BCUT2D eigenvalue weighted by atomic mass is 9.96. The highest BCUT2D eigenvalue weighted by Gasteiger charge is 2.42. The second-order valence-corrected chi connectivity index (χ2v) is 33.5. The normalized spacial score (nSPS) is 20.3. The van der Waals surface area contributed by atoms with Crippen LogP contribution in [0.5, 0.6) is 0 Å². The Bertz CT molecular complexity index is 5260. The van der Waals surface area contributed by atoms with Crippen LogP contribution in [0.2, 0.25) is 0 Å². The maximum atomic E-state index is 15.1. The van der Waals surface area contributed by atoms with E-state index in [4.69, 9.17) is 16.2 Å². The number of hydrogen-bond donors (Lipinski definition) is 22.